The topological polar surface area (TPSA) is 41.5 Å². The van der Waals surface area contributed by atoms with Crippen molar-refractivity contribution in [1.29, 1.82) is 0 Å². The Morgan fingerprint density at radius 2 is 2.17 bits per heavy atom. The molecule has 0 fully saturated rings. The zero-order valence-electron chi connectivity index (χ0n) is 9.67. The first kappa shape index (κ1) is 12.9. The van der Waals surface area contributed by atoms with Gasteiger partial charge in [0.25, 0.3) is 0 Å². The van der Waals surface area contributed by atoms with Gasteiger partial charge in [-0.3, -0.25) is 0 Å². The van der Waals surface area contributed by atoms with Crippen molar-refractivity contribution in [3.05, 3.63) is 46.9 Å². The van der Waals surface area contributed by atoms with E-state index in [2.05, 4.69) is 5.32 Å². The Morgan fingerprint density at radius 1 is 1.33 bits per heavy atom. The molecule has 1 aromatic heterocycles. The minimum atomic E-state index is -0.690. The van der Waals surface area contributed by atoms with E-state index in [1.165, 1.54) is 12.1 Å². The van der Waals surface area contributed by atoms with Crippen molar-refractivity contribution < 1.29 is 14.2 Å². The normalized spacial score (nSPS) is 12.1. The monoisotopic (exact) mass is 267 g/mol. The van der Waals surface area contributed by atoms with Crippen molar-refractivity contribution in [1.82, 2.24) is 0 Å². The maximum Gasteiger partial charge on any atom is 0.165 e. The standard InChI is InChI=1S/C13H14FNO2S/c14-12-3-1-2-4-13(12)17-8-11(16)7-15-10-5-6-18-9-10/h1-6,9,11,15-16H,7-8H2. The van der Waals surface area contributed by atoms with Gasteiger partial charge < -0.3 is 15.2 Å². The van der Waals surface area contributed by atoms with Gasteiger partial charge in [0.15, 0.2) is 11.6 Å². The molecule has 2 aromatic rings. The Balaban J connectivity index is 1.75. The third kappa shape index (κ3) is 3.72. The van der Waals surface area contributed by atoms with Crippen LogP contribution < -0.4 is 10.1 Å². The number of aliphatic hydroxyl groups excluding tert-OH is 1. The Hall–Kier alpha value is -1.59. The molecule has 0 aliphatic heterocycles. The molecule has 1 atom stereocenters. The van der Waals surface area contributed by atoms with Crippen molar-refractivity contribution in [2.75, 3.05) is 18.5 Å². The molecule has 96 valence electrons. The molecule has 1 aromatic carbocycles. The molecule has 2 rings (SSSR count). The van der Waals surface area contributed by atoms with Crippen molar-refractivity contribution in [2.45, 2.75) is 6.10 Å². The van der Waals surface area contributed by atoms with Gasteiger partial charge in [0.2, 0.25) is 0 Å². The predicted octanol–water partition coefficient (Wildman–Crippen LogP) is 2.74. The van der Waals surface area contributed by atoms with E-state index in [1.807, 2.05) is 16.8 Å². The number of nitrogens with one attached hydrogen (secondary N) is 1. The fourth-order valence-corrected chi connectivity index (χ4v) is 2.02. The van der Waals surface area contributed by atoms with Crippen molar-refractivity contribution in [3.8, 4) is 5.75 Å². The number of halogens is 1. The van der Waals surface area contributed by atoms with Gasteiger partial charge in [0, 0.05) is 17.6 Å². The molecular formula is C13H14FNO2S. The summed E-state index contributed by atoms with van der Waals surface area (Å²) in [6.45, 7) is 0.420. The second-order valence-electron chi connectivity index (χ2n) is 3.79. The number of ether oxygens (including phenoxy) is 1. The van der Waals surface area contributed by atoms with E-state index in [4.69, 9.17) is 4.74 Å². The van der Waals surface area contributed by atoms with E-state index in [1.54, 1.807) is 23.5 Å². The van der Waals surface area contributed by atoms with E-state index in [0.717, 1.165) is 5.69 Å². The zero-order chi connectivity index (χ0) is 12.8. The highest BCUT2D eigenvalue weighted by Gasteiger charge is 2.07. The summed E-state index contributed by atoms with van der Waals surface area (Å²) in [5.41, 5.74) is 0.963. The predicted molar refractivity (Wildman–Crippen MR) is 70.7 cm³/mol. The van der Waals surface area contributed by atoms with Gasteiger partial charge in [-0.2, -0.15) is 11.3 Å². The van der Waals surface area contributed by atoms with Crippen LogP contribution in [0.1, 0.15) is 0 Å². The quantitative estimate of drug-likeness (QED) is 0.845. The highest BCUT2D eigenvalue weighted by molar-refractivity contribution is 7.08. The minimum Gasteiger partial charge on any atom is -0.488 e. The SMILES string of the molecule is OC(CNc1ccsc1)COc1ccccc1F. The molecule has 1 heterocycles. The summed E-state index contributed by atoms with van der Waals surface area (Å²) in [5.74, 6) is -0.262. The number of aliphatic hydroxyl groups is 1. The van der Waals surface area contributed by atoms with Gasteiger partial charge >= 0.3 is 0 Å². The second-order valence-corrected chi connectivity index (χ2v) is 4.57. The van der Waals surface area contributed by atoms with Crippen LogP contribution in [0.4, 0.5) is 10.1 Å². The maximum absolute atomic E-state index is 13.2. The number of rotatable bonds is 6. The molecule has 5 heteroatoms. The molecule has 18 heavy (non-hydrogen) atoms. The lowest BCUT2D eigenvalue weighted by molar-refractivity contribution is 0.115. The number of para-hydroxylation sites is 1. The number of thiophene rings is 1. The van der Waals surface area contributed by atoms with E-state index in [-0.39, 0.29) is 12.4 Å². The lowest BCUT2D eigenvalue weighted by atomic mass is 10.3. The highest BCUT2D eigenvalue weighted by atomic mass is 32.1. The number of anilines is 1. The van der Waals surface area contributed by atoms with Crippen LogP contribution in [0, 0.1) is 5.82 Å². The average Bonchev–Trinajstić information content (AvgIpc) is 2.88. The van der Waals surface area contributed by atoms with E-state index < -0.39 is 11.9 Å². The van der Waals surface area contributed by atoms with Crippen LogP contribution in [0.2, 0.25) is 0 Å². The fourth-order valence-electron chi connectivity index (χ4n) is 1.41. The van der Waals surface area contributed by atoms with E-state index in [9.17, 15) is 9.50 Å². The van der Waals surface area contributed by atoms with Gasteiger partial charge in [0.05, 0.1) is 0 Å². The van der Waals surface area contributed by atoms with Gasteiger partial charge in [-0.15, -0.1) is 0 Å². The summed E-state index contributed by atoms with van der Waals surface area (Å²) in [5, 5.41) is 16.7. The molecule has 0 spiro atoms. The van der Waals surface area contributed by atoms with E-state index >= 15 is 0 Å². The largest absolute Gasteiger partial charge is 0.488 e. The van der Waals surface area contributed by atoms with E-state index in [0.29, 0.717) is 6.54 Å². The molecule has 0 radical (unpaired) electrons. The molecule has 0 amide bonds. The van der Waals surface area contributed by atoms with Crippen LogP contribution in [0.5, 0.6) is 5.75 Å². The summed E-state index contributed by atoms with van der Waals surface area (Å²) in [6, 6.07) is 8.07. The number of hydrogen-bond acceptors (Lipinski definition) is 4. The molecule has 3 nitrogen and oxygen atoms in total. The Morgan fingerprint density at radius 3 is 2.89 bits per heavy atom. The summed E-state index contributed by atoms with van der Waals surface area (Å²) in [4.78, 5) is 0. The number of benzene rings is 1. The van der Waals surface area contributed by atoms with Crippen LogP contribution in [0.25, 0.3) is 0 Å². The summed E-state index contributed by atoms with van der Waals surface area (Å²) >= 11 is 1.58. The van der Waals surface area contributed by atoms with Gasteiger partial charge in [-0.1, -0.05) is 12.1 Å². The zero-order valence-corrected chi connectivity index (χ0v) is 10.5. The van der Waals surface area contributed by atoms with Crippen LogP contribution in [0.15, 0.2) is 41.1 Å². The molecule has 0 saturated carbocycles. The molecule has 0 aliphatic rings. The summed E-state index contributed by atoms with van der Waals surface area (Å²) in [6.07, 6.45) is -0.690. The molecule has 2 N–H and O–H groups in total. The molecule has 0 aliphatic carbocycles. The van der Waals surface area contributed by atoms with Crippen LogP contribution in [0.3, 0.4) is 0 Å². The molecular weight excluding hydrogens is 253 g/mol. The fraction of sp³-hybridized carbons (Fsp3) is 0.231. The third-order valence-electron chi connectivity index (χ3n) is 2.33. The van der Waals surface area contributed by atoms with Crippen molar-refractivity contribution in [3.63, 3.8) is 0 Å². The van der Waals surface area contributed by atoms with Crippen LogP contribution in [-0.2, 0) is 0 Å². The van der Waals surface area contributed by atoms with Gasteiger partial charge in [0.1, 0.15) is 12.7 Å². The number of hydrogen-bond donors (Lipinski definition) is 2. The first-order valence-corrected chi connectivity index (χ1v) is 6.51. The molecule has 1 unspecified atom stereocenters. The van der Waals surface area contributed by atoms with Crippen molar-refractivity contribution >= 4 is 17.0 Å². The minimum absolute atomic E-state index is 0.0536. The molecule has 0 saturated heterocycles. The second kappa shape index (κ2) is 6.37. The van der Waals surface area contributed by atoms with Crippen LogP contribution >= 0.6 is 11.3 Å². The lowest BCUT2D eigenvalue weighted by Crippen LogP contribution is -2.26. The van der Waals surface area contributed by atoms with Gasteiger partial charge in [-0.05, 0) is 23.6 Å². The summed E-state index contributed by atoms with van der Waals surface area (Å²) in [7, 11) is 0. The first-order chi connectivity index (χ1) is 8.75. The Kier molecular flexibility index (Phi) is 4.55. The molecule has 0 bridgehead atoms. The average molecular weight is 267 g/mol. The van der Waals surface area contributed by atoms with Gasteiger partial charge in [-0.25, -0.2) is 4.39 Å². The lowest BCUT2D eigenvalue weighted by Gasteiger charge is -2.13. The third-order valence-corrected chi connectivity index (χ3v) is 3.01. The Labute approximate surface area is 109 Å². The van der Waals surface area contributed by atoms with Crippen molar-refractivity contribution in [2.24, 2.45) is 0 Å². The smallest absolute Gasteiger partial charge is 0.165 e. The first-order valence-electron chi connectivity index (χ1n) is 5.57. The van der Waals surface area contributed by atoms with Crippen LogP contribution in [-0.4, -0.2) is 24.4 Å². The highest BCUT2D eigenvalue weighted by Crippen LogP contribution is 2.16. The Bertz CT molecular complexity index is 476. The maximum atomic E-state index is 13.2. The summed E-state index contributed by atoms with van der Waals surface area (Å²) < 4.78 is 18.4.